The third-order valence-electron chi connectivity index (χ3n) is 8.12. The van der Waals surface area contributed by atoms with Gasteiger partial charge in [-0.3, -0.25) is 24.3 Å². The van der Waals surface area contributed by atoms with Crippen LogP contribution in [-0.4, -0.2) is 63.9 Å². The molecule has 0 saturated carbocycles. The number of hydrogen-bond acceptors (Lipinski definition) is 5. The molecule has 3 heterocycles. The second-order valence-corrected chi connectivity index (χ2v) is 10.6. The van der Waals surface area contributed by atoms with Crippen LogP contribution in [0.1, 0.15) is 29.5 Å². The number of benzene rings is 3. The first kappa shape index (κ1) is 24.0. The van der Waals surface area contributed by atoms with Crippen molar-refractivity contribution in [3.63, 3.8) is 0 Å². The normalized spacial score (nSPS) is 22.9. The predicted octanol–water partition coefficient (Wildman–Crippen LogP) is 3.86. The molecule has 3 aromatic carbocycles. The summed E-state index contributed by atoms with van der Waals surface area (Å²) < 4.78 is 5.77. The minimum absolute atomic E-state index is 0.0553. The second kappa shape index (κ2) is 10.2. The van der Waals surface area contributed by atoms with Crippen LogP contribution in [0.5, 0.6) is 0 Å². The summed E-state index contributed by atoms with van der Waals surface area (Å²) in [6.45, 7) is 3.46. The number of amides is 2. The number of carbonyl (C=O) groups excluding carboxylic acids is 2. The van der Waals surface area contributed by atoms with Crippen LogP contribution in [0.4, 0.5) is 0 Å². The summed E-state index contributed by atoms with van der Waals surface area (Å²) in [6.07, 6.45) is 1.47. The Bertz CT molecular complexity index is 1160. The molecule has 6 heteroatoms. The van der Waals surface area contributed by atoms with Gasteiger partial charge in [0.05, 0.1) is 37.4 Å². The van der Waals surface area contributed by atoms with Crippen molar-refractivity contribution in [3.05, 3.63) is 108 Å². The van der Waals surface area contributed by atoms with Crippen molar-refractivity contribution in [1.29, 1.82) is 0 Å². The van der Waals surface area contributed by atoms with E-state index in [0.717, 1.165) is 31.5 Å². The van der Waals surface area contributed by atoms with Crippen LogP contribution < -0.4 is 0 Å². The van der Waals surface area contributed by atoms with Crippen molar-refractivity contribution in [2.75, 3.05) is 19.8 Å². The maximum Gasteiger partial charge on any atom is 0.246 e. The lowest BCUT2D eigenvalue weighted by Crippen LogP contribution is -2.70. The molecular formula is C31H33N3O3. The zero-order chi connectivity index (χ0) is 25.2. The van der Waals surface area contributed by atoms with E-state index in [2.05, 4.69) is 70.5 Å². The predicted molar refractivity (Wildman–Crippen MR) is 141 cm³/mol. The summed E-state index contributed by atoms with van der Waals surface area (Å²) in [5.74, 6) is -0.111. The number of likely N-dealkylation sites (tertiary alicyclic amines) is 1. The number of imide groups is 1. The van der Waals surface area contributed by atoms with Crippen molar-refractivity contribution in [3.8, 4) is 0 Å². The first-order valence-electron chi connectivity index (χ1n) is 13.2. The maximum absolute atomic E-state index is 13.8. The van der Waals surface area contributed by atoms with E-state index in [0.29, 0.717) is 26.3 Å². The summed E-state index contributed by atoms with van der Waals surface area (Å²) in [5, 5.41) is 0. The monoisotopic (exact) mass is 495 g/mol. The number of hydrogen-bond donors (Lipinski definition) is 0. The van der Waals surface area contributed by atoms with Crippen LogP contribution in [0.3, 0.4) is 0 Å². The second-order valence-electron chi connectivity index (χ2n) is 10.6. The summed E-state index contributed by atoms with van der Waals surface area (Å²) in [6, 6.07) is 30.4. The molecule has 190 valence electrons. The minimum atomic E-state index is -0.405. The van der Waals surface area contributed by atoms with Gasteiger partial charge in [-0.25, -0.2) is 0 Å². The molecule has 0 spiro atoms. The average Bonchev–Trinajstić information content (AvgIpc) is 3.27. The van der Waals surface area contributed by atoms with Crippen LogP contribution in [0, 0.1) is 0 Å². The van der Waals surface area contributed by atoms with Gasteiger partial charge in [-0.05, 0) is 29.5 Å². The van der Waals surface area contributed by atoms with Crippen LogP contribution >= 0.6 is 0 Å². The summed E-state index contributed by atoms with van der Waals surface area (Å²) >= 11 is 0. The van der Waals surface area contributed by atoms with E-state index in [1.54, 1.807) is 4.90 Å². The van der Waals surface area contributed by atoms with E-state index in [1.165, 1.54) is 11.1 Å². The number of ether oxygens (including phenoxy) is 1. The Hall–Kier alpha value is -3.32. The van der Waals surface area contributed by atoms with Crippen LogP contribution in [0.15, 0.2) is 91.0 Å². The molecule has 0 radical (unpaired) electrons. The minimum Gasteiger partial charge on any atom is -0.377 e. The van der Waals surface area contributed by atoms with Gasteiger partial charge in [-0.2, -0.15) is 0 Å². The molecule has 2 unspecified atom stereocenters. The Kier molecular flexibility index (Phi) is 6.63. The molecule has 0 N–H and O–H groups in total. The largest absolute Gasteiger partial charge is 0.377 e. The third kappa shape index (κ3) is 4.73. The molecule has 3 aromatic rings. The fourth-order valence-electron chi connectivity index (χ4n) is 6.04. The van der Waals surface area contributed by atoms with Gasteiger partial charge in [0, 0.05) is 19.6 Å². The highest BCUT2D eigenvalue weighted by atomic mass is 16.5. The van der Waals surface area contributed by atoms with Crippen molar-refractivity contribution in [2.24, 2.45) is 0 Å². The van der Waals surface area contributed by atoms with Crippen molar-refractivity contribution in [2.45, 2.75) is 50.1 Å². The van der Waals surface area contributed by atoms with Crippen molar-refractivity contribution >= 4 is 11.8 Å². The Morgan fingerprint density at radius 1 is 0.703 bits per heavy atom. The smallest absolute Gasteiger partial charge is 0.246 e. The summed E-state index contributed by atoms with van der Waals surface area (Å²) in [4.78, 5) is 33.6. The zero-order valence-electron chi connectivity index (χ0n) is 21.0. The molecule has 0 aromatic heterocycles. The molecule has 6 nitrogen and oxygen atoms in total. The van der Waals surface area contributed by atoms with Gasteiger partial charge in [0.15, 0.2) is 0 Å². The number of fused-ring (bicyclic) bond motifs is 2. The third-order valence-corrected chi connectivity index (χ3v) is 8.12. The van der Waals surface area contributed by atoms with Gasteiger partial charge in [0.25, 0.3) is 0 Å². The standard InChI is InChI=1S/C31H33N3O3/c35-29-27-16-17-28(33(27)20-26-14-8-3-9-15-26)30(36)34(29)21-31(22-37-23-31)32(18-24-10-4-1-5-11-24)19-25-12-6-2-7-13-25/h1-15,27-28H,16-23H2. The Labute approximate surface area is 218 Å². The fraction of sp³-hybridized carbons (Fsp3) is 0.355. The van der Waals surface area contributed by atoms with Crippen LogP contribution in [0.2, 0.25) is 0 Å². The van der Waals surface area contributed by atoms with Crippen molar-refractivity contribution in [1.82, 2.24) is 14.7 Å². The molecule has 0 aliphatic carbocycles. The van der Waals surface area contributed by atoms with Gasteiger partial charge in [-0.1, -0.05) is 91.0 Å². The summed E-state index contributed by atoms with van der Waals surface area (Å²) in [7, 11) is 0. The lowest BCUT2D eigenvalue weighted by molar-refractivity contribution is -0.178. The fourth-order valence-corrected chi connectivity index (χ4v) is 6.04. The Balaban J connectivity index is 1.25. The van der Waals surface area contributed by atoms with E-state index >= 15 is 0 Å². The highest BCUT2D eigenvalue weighted by molar-refractivity contribution is 6.04. The van der Waals surface area contributed by atoms with Crippen LogP contribution in [-0.2, 0) is 34.0 Å². The van der Waals surface area contributed by atoms with Gasteiger partial charge >= 0.3 is 0 Å². The van der Waals surface area contributed by atoms with E-state index in [4.69, 9.17) is 4.74 Å². The zero-order valence-corrected chi connectivity index (χ0v) is 21.0. The molecule has 2 bridgehead atoms. The molecule has 6 rings (SSSR count). The highest BCUT2D eigenvalue weighted by Crippen LogP contribution is 2.37. The van der Waals surface area contributed by atoms with Crippen LogP contribution in [0.25, 0.3) is 0 Å². The number of carbonyl (C=O) groups is 2. The molecular weight excluding hydrogens is 462 g/mol. The number of nitrogens with zero attached hydrogens (tertiary/aromatic N) is 3. The van der Waals surface area contributed by atoms with Gasteiger partial charge in [-0.15, -0.1) is 0 Å². The Morgan fingerprint density at radius 3 is 1.59 bits per heavy atom. The molecule has 2 amide bonds. The molecule has 3 aliphatic heterocycles. The summed E-state index contributed by atoms with van der Waals surface area (Å²) in [5.41, 5.74) is 3.14. The lowest BCUT2D eigenvalue weighted by atomic mass is 9.91. The highest BCUT2D eigenvalue weighted by Gasteiger charge is 2.54. The first-order valence-corrected chi connectivity index (χ1v) is 13.2. The van der Waals surface area contributed by atoms with E-state index in [9.17, 15) is 9.59 Å². The quantitative estimate of drug-likeness (QED) is 0.422. The van der Waals surface area contributed by atoms with Gasteiger partial charge in [0.2, 0.25) is 11.8 Å². The average molecular weight is 496 g/mol. The lowest BCUT2D eigenvalue weighted by Gasteiger charge is -2.52. The molecule has 3 saturated heterocycles. The maximum atomic E-state index is 13.8. The Morgan fingerprint density at radius 2 is 1.16 bits per heavy atom. The molecule has 37 heavy (non-hydrogen) atoms. The number of piperazine rings is 1. The van der Waals surface area contributed by atoms with E-state index in [-0.39, 0.29) is 23.9 Å². The van der Waals surface area contributed by atoms with E-state index in [1.807, 2.05) is 30.3 Å². The van der Waals surface area contributed by atoms with E-state index < -0.39 is 5.54 Å². The SMILES string of the molecule is O=C1C2CCC(C(=O)N1CC1(N(Cc3ccccc3)Cc3ccccc3)COC1)N2Cc1ccccc1. The molecule has 2 atom stereocenters. The van der Waals surface area contributed by atoms with Gasteiger partial charge < -0.3 is 4.74 Å². The first-order chi connectivity index (χ1) is 18.1. The molecule has 3 fully saturated rings. The number of rotatable bonds is 9. The van der Waals surface area contributed by atoms with Gasteiger partial charge in [0.1, 0.15) is 0 Å². The topological polar surface area (TPSA) is 53.1 Å². The molecule has 3 aliphatic rings. The van der Waals surface area contributed by atoms with Crippen molar-refractivity contribution < 1.29 is 14.3 Å².